The molecule has 2 aromatic heterocycles. The van der Waals surface area contributed by atoms with Crippen molar-refractivity contribution in [1.82, 2.24) is 19.5 Å². The summed E-state index contributed by atoms with van der Waals surface area (Å²) in [5.41, 5.74) is -2.10. The first kappa shape index (κ1) is 11.0. The van der Waals surface area contributed by atoms with Gasteiger partial charge in [-0.3, -0.25) is 0 Å². The van der Waals surface area contributed by atoms with Gasteiger partial charge in [0.05, 0.1) is 43.9 Å². The maximum atomic E-state index is 9.00. The Morgan fingerprint density at radius 3 is 1.90 bits per heavy atom. The number of fused-ring (bicyclic) bond motifs is 3. The van der Waals surface area contributed by atoms with Crippen molar-refractivity contribution in [3.8, 4) is 39.9 Å². The van der Waals surface area contributed by atoms with E-state index in [2.05, 4.69) is 19.8 Å². The lowest BCUT2D eigenvalue weighted by Gasteiger charge is -2.14. The van der Waals surface area contributed by atoms with Gasteiger partial charge in [0.1, 0.15) is 0 Å². The zero-order valence-corrected chi connectivity index (χ0v) is 19.5. The molecule has 0 aliphatic carbocycles. The van der Waals surface area contributed by atoms with Crippen LogP contribution in [0, 0.1) is 6.57 Å². The van der Waals surface area contributed by atoms with Crippen LogP contribution in [0.15, 0.2) is 127 Å². The predicted molar refractivity (Wildman–Crippen MR) is 157 cm³/mol. The topological polar surface area (TPSA) is 48.0 Å². The summed E-state index contributed by atoms with van der Waals surface area (Å²) in [7, 11) is 0. The van der Waals surface area contributed by atoms with Crippen LogP contribution in [0.2, 0.25) is 0 Å². The van der Waals surface area contributed by atoms with Gasteiger partial charge in [0.15, 0.2) is 23.2 Å². The summed E-state index contributed by atoms with van der Waals surface area (Å²) in [6, 6.07) is -5.80. The molecule has 0 amide bonds. The third-order valence-corrected chi connectivity index (χ3v) is 5.72. The van der Waals surface area contributed by atoms with Crippen LogP contribution in [-0.2, 0) is 0 Å². The van der Waals surface area contributed by atoms with Gasteiger partial charge in [-0.15, -0.1) is 0 Å². The van der Waals surface area contributed by atoms with Crippen LogP contribution in [0.25, 0.3) is 66.5 Å². The minimum atomic E-state index is -0.744. The zero-order chi connectivity index (χ0) is 41.0. The van der Waals surface area contributed by atoms with Crippen molar-refractivity contribution >= 4 is 27.5 Å². The molecule has 5 aromatic carbocycles. The quantitative estimate of drug-likeness (QED) is 0.220. The molecule has 0 bridgehead atoms. The predicted octanol–water partition coefficient (Wildman–Crippen LogP) is 8.52. The Labute approximate surface area is 249 Å². The SMILES string of the molecule is [2H]c1c([2H])c([2H])c(-c2nc(-c3ccccc3-n3c4c([2H])c([2H])c([2H])c([2H])c4c4c([2H])c([N+]#[C-])c([2H])c([2H])c43)nc(-c3c([2H])c([2H])c([2H])c([2H])c3[2H])n2)c([2H])c1[2H]. The molecule has 0 spiro atoms. The van der Waals surface area contributed by atoms with Gasteiger partial charge in [0, 0.05) is 24.8 Å². The second kappa shape index (κ2) is 9.37. The largest absolute Gasteiger partial charge is 0.309 e. The smallest absolute Gasteiger partial charge is 0.188 e. The van der Waals surface area contributed by atoms with Gasteiger partial charge in [-0.2, -0.15) is 0 Å². The van der Waals surface area contributed by atoms with Crippen LogP contribution in [0.4, 0.5) is 5.69 Å². The van der Waals surface area contributed by atoms with Crippen molar-refractivity contribution in [3.05, 3.63) is 138 Å². The second-order valence-electron chi connectivity index (χ2n) is 7.94. The fourth-order valence-corrected chi connectivity index (χ4v) is 4.10. The third kappa shape index (κ3) is 3.92. The van der Waals surface area contributed by atoms with Gasteiger partial charge < -0.3 is 4.57 Å². The number of para-hydroxylation sites is 2. The highest BCUT2D eigenvalue weighted by molar-refractivity contribution is 6.10. The van der Waals surface area contributed by atoms with Crippen molar-refractivity contribution in [3.63, 3.8) is 0 Å². The number of rotatable bonds is 4. The molecule has 0 aliphatic heterocycles. The highest BCUT2D eigenvalue weighted by atomic mass is 15.1. The van der Waals surface area contributed by atoms with Crippen LogP contribution in [-0.4, -0.2) is 19.5 Å². The molecule has 0 aliphatic rings. The Kier molecular flexibility index (Phi) is 2.65. The normalized spacial score (nSPS) is 17.2. The van der Waals surface area contributed by atoms with E-state index < -0.39 is 131 Å². The van der Waals surface area contributed by atoms with E-state index in [1.54, 1.807) is 0 Å². The average Bonchev–Trinajstić information content (AvgIpc) is 3.55. The summed E-state index contributed by atoms with van der Waals surface area (Å²) in [5.74, 6) is -1.49. The molecule has 39 heavy (non-hydrogen) atoms. The van der Waals surface area contributed by atoms with E-state index in [1.807, 2.05) is 0 Å². The lowest BCUT2D eigenvalue weighted by Crippen LogP contribution is -2.03. The molecule has 7 rings (SSSR count). The van der Waals surface area contributed by atoms with Crippen molar-refractivity contribution in [1.29, 1.82) is 0 Å². The molecule has 0 saturated carbocycles. The summed E-state index contributed by atoms with van der Waals surface area (Å²) < 4.78 is 146. The summed E-state index contributed by atoms with van der Waals surface area (Å²) in [5, 5.41) is -0.441. The van der Waals surface area contributed by atoms with Gasteiger partial charge in [0.2, 0.25) is 0 Å². The van der Waals surface area contributed by atoms with Crippen LogP contribution in [0.1, 0.15) is 23.3 Å². The monoisotopic (exact) mass is 516 g/mol. The second-order valence-corrected chi connectivity index (χ2v) is 7.94. The lowest BCUT2D eigenvalue weighted by atomic mass is 10.1. The van der Waals surface area contributed by atoms with E-state index in [4.69, 9.17) is 29.9 Å². The van der Waals surface area contributed by atoms with Crippen LogP contribution >= 0.6 is 0 Å². The average molecular weight is 517 g/mol. The third-order valence-electron chi connectivity index (χ3n) is 5.72. The van der Waals surface area contributed by atoms with Crippen molar-refractivity contribution in [2.24, 2.45) is 0 Å². The molecule has 0 fully saturated rings. The number of nitrogens with zero attached hydrogens (tertiary/aromatic N) is 5. The number of benzene rings is 5. The molecule has 0 N–H and O–H groups in total. The van der Waals surface area contributed by atoms with E-state index in [-0.39, 0.29) is 38.9 Å². The Hall–Kier alpha value is -5.60. The highest BCUT2D eigenvalue weighted by Gasteiger charge is 2.19. The molecular weight excluding hydrogens is 478 g/mol. The minimum Gasteiger partial charge on any atom is -0.309 e. The maximum absolute atomic E-state index is 9.00. The highest BCUT2D eigenvalue weighted by Crippen LogP contribution is 2.37. The van der Waals surface area contributed by atoms with Gasteiger partial charge >= 0.3 is 0 Å². The van der Waals surface area contributed by atoms with Gasteiger partial charge in [-0.05, 0) is 35.6 Å². The Morgan fingerprint density at radius 2 is 1.21 bits per heavy atom. The standard InChI is InChI=1S/C34H21N5/c1-35-25-20-21-31-28(22-25)26-16-8-10-18-29(26)39(31)30-19-11-9-17-27(30)34-37-32(23-12-4-2-5-13-23)36-33(38-34)24-14-6-3-7-15-24/h2-22H/i2D,3D,4D,5D,6D,7D,8D,10D,12D,13D,14D,15D,16D,18D,20D,21D,22D. The molecule has 7 aromatic rings. The van der Waals surface area contributed by atoms with Crippen molar-refractivity contribution in [2.75, 3.05) is 0 Å². The molecule has 0 radical (unpaired) electrons. The Morgan fingerprint density at radius 1 is 0.615 bits per heavy atom. The first-order valence-electron chi connectivity index (χ1n) is 19.8. The molecule has 0 saturated heterocycles. The van der Waals surface area contributed by atoms with E-state index >= 15 is 0 Å². The summed E-state index contributed by atoms with van der Waals surface area (Å²) in [4.78, 5) is 16.5. The minimum absolute atomic E-state index is 0.0226. The van der Waals surface area contributed by atoms with Crippen molar-refractivity contribution < 1.29 is 23.3 Å². The molecular formula is C34H21N5. The van der Waals surface area contributed by atoms with E-state index in [1.165, 1.54) is 28.8 Å². The summed E-state index contributed by atoms with van der Waals surface area (Å²) >= 11 is 0. The maximum Gasteiger partial charge on any atom is 0.188 e. The number of hydrogen-bond donors (Lipinski definition) is 0. The lowest BCUT2D eigenvalue weighted by molar-refractivity contribution is 1.06. The Balaban J connectivity index is 1.69. The van der Waals surface area contributed by atoms with E-state index in [0.717, 1.165) is 0 Å². The van der Waals surface area contributed by atoms with Gasteiger partial charge in [-0.25, -0.2) is 19.8 Å². The van der Waals surface area contributed by atoms with Crippen LogP contribution in [0.3, 0.4) is 0 Å². The molecule has 0 unspecified atom stereocenters. The molecule has 5 nitrogen and oxygen atoms in total. The zero-order valence-electron chi connectivity index (χ0n) is 36.5. The molecule has 182 valence electrons. The van der Waals surface area contributed by atoms with E-state index in [9.17, 15) is 0 Å². The summed E-state index contributed by atoms with van der Waals surface area (Å²) in [6.45, 7) is 7.61. The van der Waals surface area contributed by atoms with Crippen molar-refractivity contribution in [2.45, 2.75) is 0 Å². The fraction of sp³-hybridized carbons (Fsp3) is 0. The number of aromatic nitrogens is 4. The molecule has 2 heterocycles. The van der Waals surface area contributed by atoms with Gasteiger partial charge in [-0.1, -0.05) is 96.7 Å². The Bertz CT molecular complexity index is 2830. The molecule has 5 heteroatoms. The first-order valence-corrected chi connectivity index (χ1v) is 11.3. The van der Waals surface area contributed by atoms with Crippen LogP contribution in [0.5, 0.6) is 0 Å². The van der Waals surface area contributed by atoms with Crippen LogP contribution < -0.4 is 0 Å². The fourth-order valence-electron chi connectivity index (χ4n) is 4.10. The summed E-state index contributed by atoms with van der Waals surface area (Å²) in [6.07, 6.45) is 0. The number of hydrogen-bond acceptors (Lipinski definition) is 3. The van der Waals surface area contributed by atoms with Gasteiger partial charge in [0.25, 0.3) is 0 Å². The first-order chi connectivity index (χ1) is 26.4. The van der Waals surface area contributed by atoms with E-state index in [0.29, 0.717) is 0 Å². The molecule has 0 atom stereocenters.